The van der Waals surface area contributed by atoms with Crippen molar-refractivity contribution in [2.75, 3.05) is 13.2 Å². The highest BCUT2D eigenvalue weighted by molar-refractivity contribution is 7.47. The van der Waals surface area contributed by atoms with Gasteiger partial charge < -0.3 is 39.9 Å². The first kappa shape index (κ1) is 58.6. The van der Waals surface area contributed by atoms with Gasteiger partial charge in [0.2, 0.25) is 0 Å². The highest BCUT2D eigenvalue weighted by Gasteiger charge is 2.51. The minimum absolute atomic E-state index is 0.101. The van der Waals surface area contributed by atoms with Gasteiger partial charge in [-0.15, -0.1) is 0 Å². The number of rotatable bonds is 42. The maximum absolute atomic E-state index is 12.8. The first-order valence-corrected chi connectivity index (χ1v) is 26.5. The molecule has 14 heteroatoms. The fourth-order valence-electron chi connectivity index (χ4n) is 7.81. The van der Waals surface area contributed by atoms with Crippen LogP contribution in [0.1, 0.15) is 226 Å². The average molecular weight is 907 g/mol. The molecule has 0 aromatic carbocycles. The number of ether oxygens (including phenoxy) is 2. The van der Waals surface area contributed by atoms with Crippen molar-refractivity contribution < 1.29 is 63.1 Å². The number of unbranched alkanes of at least 4 members (excludes halogenated alkanes) is 28. The molecule has 8 atom stereocenters. The highest BCUT2D eigenvalue weighted by Crippen LogP contribution is 2.47. The van der Waals surface area contributed by atoms with Crippen molar-refractivity contribution in [1.29, 1.82) is 0 Å². The number of hydrogen-bond acceptors (Lipinski definition) is 12. The first-order valence-electron chi connectivity index (χ1n) is 25.0. The summed E-state index contributed by atoms with van der Waals surface area (Å²) in [6, 6.07) is 0. The Balaban J connectivity index is 2.41. The number of carbonyl (C=O) groups is 2. The molecular formula is C48H91O13P. The number of aliphatic hydroxyl groups is 5. The second-order valence-corrected chi connectivity index (χ2v) is 19.1. The van der Waals surface area contributed by atoms with Crippen LogP contribution in [0.15, 0.2) is 12.2 Å². The summed E-state index contributed by atoms with van der Waals surface area (Å²) in [5, 5.41) is 50.2. The van der Waals surface area contributed by atoms with Crippen LogP contribution in [0, 0.1) is 0 Å². The van der Waals surface area contributed by atoms with E-state index in [1.165, 1.54) is 128 Å². The van der Waals surface area contributed by atoms with Crippen LogP contribution in [-0.2, 0) is 32.7 Å². The van der Waals surface area contributed by atoms with Gasteiger partial charge in [0, 0.05) is 12.8 Å². The summed E-state index contributed by atoms with van der Waals surface area (Å²) in [4.78, 5) is 35.8. The molecular weight excluding hydrogens is 815 g/mol. The molecule has 0 spiro atoms. The zero-order chi connectivity index (χ0) is 45.7. The molecule has 1 aliphatic carbocycles. The summed E-state index contributed by atoms with van der Waals surface area (Å²) >= 11 is 0. The van der Waals surface area contributed by atoms with Crippen LogP contribution in [0.25, 0.3) is 0 Å². The van der Waals surface area contributed by atoms with E-state index in [0.29, 0.717) is 12.8 Å². The van der Waals surface area contributed by atoms with Crippen LogP contribution in [0.2, 0.25) is 0 Å². The Morgan fingerprint density at radius 3 is 1.23 bits per heavy atom. The van der Waals surface area contributed by atoms with Crippen molar-refractivity contribution in [3.8, 4) is 0 Å². The number of phosphoric acid groups is 1. The lowest BCUT2D eigenvalue weighted by Crippen LogP contribution is -2.64. The number of phosphoric ester groups is 1. The van der Waals surface area contributed by atoms with Gasteiger partial charge in [-0.2, -0.15) is 0 Å². The molecule has 1 aliphatic rings. The number of carbonyl (C=O) groups excluding carboxylic acids is 2. The number of hydrogen-bond donors (Lipinski definition) is 6. The molecule has 0 radical (unpaired) electrons. The minimum atomic E-state index is -5.12. The molecule has 1 rings (SSSR count). The van der Waals surface area contributed by atoms with Gasteiger partial charge in [-0.25, -0.2) is 4.57 Å². The van der Waals surface area contributed by atoms with E-state index in [1.807, 2.05) is 0 Å². The average Bonchev–Trinajstić information content (AvgIpc) is 3.25. The fraction of sp³-hybridized carbons (Fsp3) is 0.917. The molecule has 6 N–H and O–H groups in total. The smallest absolute Gasteiger partial charge is 0.462 e. The molecule has 0 amide bonds. The normalized spacial score (nSPS) is 21.9. The lowest BCUT2D eigenvalue weighted by molar-refractivity contribution is -0.220. The Bertz CT molecular complexity index is 1140. The van der Waals surface area contributed by atoms with Crippen LogP contribution in [0.5, 0.6) is 0 Å². The number of esters is 2. The van der Waals surface area contributed by atoms with E-state index >= 15 is 0 Å². The predicted molar refractivity (Wildman–Crippen MR) is 244 cm³/mol. The number of allylic oxidation sites excluding steroid dienone is 2. The van der Waals surface area contributed by atoms with E-state index in [-0.39, 0.29) is 12.8 Å². The third-order valence-corrected chi connectivity index (χ3v) is 12.8. The van der Waals surface area contributed by atoms with E-state index in [1.54, 1.807) is 0 Å². The van der Waals surface area contributed by atoms with E-state index in [9.17, 15) is 44.6 Å². The predicted octanol–water partition coefficient (Wildman–Crippen LogP) is 10.2. The third kappa shape index (κ3) is 30.7. The Kier molecular flexibility index (Phi) is 36.7. The van der Waals surface area contributed by atoms with E-state index in [4.69, 9.17) is 18.5 Å². The zero-order valence-electron chi connectivity index (χ0n) is 38.9. The Morgan fingerprint density at radius 1 is 0.484 bits per heavy atom. The molecule has 1 saturated carbocycles. The summed E-state index contributed by atoms with van der Waals surface area (Å²) in [5.74, 6) is -1.10. The number of aliphatic hydroxyl groups excluding tert-OH is 5. The van der Waals surface area contributed by atoms with Crippen molar-refractivity contribution in [3.63, 3.8) is 0 Å². The van der Waals surface area contributed by atoms with Gasteiger partial charge in [0.25, 0.3) is 0 Å². The molecule has 1 fully saturated rings. The van der Waals surface area contributed by atoms with Gasteiger partial charge in [-0.1, -0.05) is 187 Å². The van der Waals surface area contributed by atoms with Gasteiger partial charge in [0.05, 0.1) is 6.61 Å². The Labute approximate surface area is 375 Å². The molecule has 0 saturated heterocycles. The van der Waals surface area contributed by atoms with Crippen LogP contribution in [0.4, 0.5) is 0 Å². The quantitative estimate of drug-likeness (QED) is 0.0146. The molecule has 62 heavy (non-hydrogen) atoms. The van der Waals surface area contributed by atoms with Crippen LogP contribution >= 0.6 is 7.82 Å². The molecule has 0 aliphatic heterocycles. The van der Waals surface area contributed by atoms with Crippen LogP contribution in [0.3, 0.4) is 0 Å². The Morgan fingerprint density at radius 2 is 0.823 bits per heavy atom. The molecule has 0 aromatic rings. The van der Waals surface area contributed by atoms with Gasteiger partial charge in [0.15, 0.2) is 6.10 Å². The molecule has 13 nitrogen and oxygen atoms in total. The second kappa shape index (κ2) is 38.8. The molecule has 0 heterocycles. The summed E-state index contributed by atoms with van der Waals surface area (Å²) in [7, 11) is -5.12. The standard InChI is InChI=1S/C48H91O13P/c1-3-5-7-9-11-13-15-17-19-21-23-25-27-29-31-33-35-37-42(50)60-40(39-59-62(56,57)61-48-46(54)44(52)43(51)45(53)47(48)55)38-58-41(49)36-34-32-30-28-26-24-22-20-18-16-14-12-10-8-6-4-2/h20,22,40,43-48,51-55H,3-19,21,23-39H2,1-2H3,(H,56,57)/b22-20-/t40-,43?,44-,45?,46?,47?,48?/m1/s1. The van der Waals surface area contributed by atoms with E-state index in [0.717, 1.165) is 57.8 Å². The molecule has 6 unspecified atom stereocenters. The zero-order valence-corrected chi connectivity index (χ0v) is 39.8. The van der Waals surface area contributed by atoms with Crippen molar-refractivity contribution >= 4 is 19.8 Å². The van der Waals surface area contributed by atoms with Gasteiger partial charge in [0.1, 0.15) is 43.2 Å². The lowest BCUT2D eigenvalue weighted by atomic mass is 9.85. The fourth-order valence-corrected chi connectivity index (χ4v) is 8.79. The summed E-state index contributed by atoms with van der Waals surface area (Å²) in [5.41, 5.74) is 0. The van der Waals surface area contributed by atoms with Crippen LogP contribution < -0.4 is 0 Å². The largest absolute Gasteiger partial charge is 0.472 e. The van der Waals surface area contributed by atoms with E-state index in [2.05, 4.69) is 26.0 Å². The summed E-state index contributed by atoms with van der Waals surface area (Å²) in [6.07, 6.45) is 28.3. The first-order chi connectivity index (χ1) is 29.9. The van der Waals surface area contributed by atoms with Crippen molar-refractivity contribution in [2.24, 2.45) is 0 Å². The topological polar surface area (TPSA) is 210 Å². The van der Waals surface area contributed by atoms with Crippen LogP contribution in [-0.4, -0.2) is 98.3 Å². The van der Waals surface area contributed by atoms with Gasteiger partial charge in [-0.3, -0.25) is 18.6 Å². The van der Waals surface area contributed by atoms with Gasteiger partial charge in [-0.05, 0) is 38.5 Å². The summed E-state index contributed by atoms with van der Waals surface area (Å²) in [6.45, 7) is 3.32. The van der Waals surface area contributed by atoms with E-state index < -0.39 is 75.7 Å². The SMILES string of the molecule is CCCCCCCCC/C=C\CCCCCCCC(=O)OC[C@H](COP(=O)(O)OC1C(O)C(O)C(O)[C@@H](O)C1O)OC(=O)CCCCCCCCCCCCCCCCCCC. The maximum atomic E-state index is 12.8. The molecule has 0 aromatic heterocycles. The third-order valence-electron chi connectivity index (χ3n) is 11.9. The van der Waals surface area contributed by atoms with Gasteiger partial charge >= 0.3 is 19.8 Å². The summed E-state index contributed by atoms with van der Waals surface area (Å²) < 4.78 is 33.6. The highest BCUT2D eigenvalue weighted by atomic mass is 31.2. The monoisotopic (exact) mass is 907 g/mol. The molecule has 366 valence electrons. The Hall–Kier alpha value is -1.41. The molecule has 0 bridgehead atoms. The maximum Gasteiger partial charge on any atom is 0.472 e. The van der Waals surface area contributed by atoms with Crippen molar-refractivity contribution in [1.82, 2.24) is 0 Å². The second-order valence-electron chi connectivity index (χ2n) is 17.7. The lowest BCUT2D eigenvalue weighted by Gasteiger charge is -2.41. The minimum Gasteiger partial charge on any atom is -0.462 e. The van der Waals surface area contributed by atoms with Crippen molar-refractivity contribution in [3.05, 3.63) is 12.2 Å². The van der Waals surface area contributed by atoms with Crippen molar-refractivity contribution in [2.45, 2.75) is 268 Å².